The van der Waals surface area contributed by atoms with Crippen molar-refractivity contribution in [3.8, 4) is 0 Å². The molecule has 0 aliphatic heterocycles. The molecule has 0 N–H and O–H groups in total. The van der Waals surface area contributed by atoms with Crippen molar-refractivity contribution in [3.63, 3.8) is 0 Å². The summed E-state index contributed by atoms with van der Waals surface area (Å²) in [6.45, 7) is 7.13. The Morgan fingerprint density at radius 1 is 0.621 bits per heavy atom. The van der Waals surface area contributed by atoms with Crippen LogP contribution in [0, 0.1) is 5.92 Å². The molecule has 0 saturated heterocycles. The van der Waals surface area contributed by atoms with E-state index in [0.29, 0.717) is 0 Å². The van der Waals surface area contributed by atoms with Crippen LogP contribution in [0.4, 0.5) is 0 Å². The number of hydrogen-bond donors (Lipinski definition) is 0. The Labute approximate surface area is 189 Å². The molecule has 0 saturated carbocycles. The molecule has 0 aromatic heterocycles. The molecule has 2 heteroatoms. The summed E-state index contributed by atoms with van der Waals surface area (Å²) < 4.78 is 1.11. The number of rotatable bonds is 18. The first-order chi connectivity index (χ1) is 13.5. The minimum atomic E-state index is 0. The zero-order valence-electron chi connectivity index (χ0n) is 20.1. The zero-order chi connectivity index (χ0) is 20.5. The van der Waals surface area contributed by atoms with E-state index in [1.165, 1.54) is 102 Å². The van der Waals surface area contributed by atoms with Gasteiger partial charge in [0, 0.05) is 5.56 Å². The van der Waals surface area contributed by atoms with Gasteiger partial charge >= 0.3 is 0 Å². The number of benzene rings is 1. The summed E-state index contributed by atoms with van der Waals surface area (Å²) in [5.41, 5.74) is 1.46. The lowest BCUT2D eigenvalue weighted by molar-refractivity contribution is -0.903. The van der Waals surface area contributed by atoms with Gasteiger partial charge in [0.15, 0.2) is 0 Å². The average Bonchev–Trinajstić information content (AvgIpc) is 2.65. The zero-order valence-corrected chi connectivity index (χ0v) is 20.9. The van der Waals surface area contributed by atoms with E-state index >= 15 is 0 Å². The molecule has 1 aromatic carbocycles. The fourth-order valence-electron chi connectivity index (χ4n) is 4.19. The lowest BCUT2D eigenvalue weighted by Gasteiger charge is -2.30. The highest BCUT2D eigenvalue weighted by Crippen LogP contribution is 2.15. The van der Waals surface area contributed by atoms with Crippen molar-refractivity contribution in [1.82, 2.24) is 0 Å². The quantitative estimate of drug-likeness (QED) is 0.219. The number of halogens is 1. The Bertz CT molecular complexity index is 455. The Hall–Kier alpha value is -0.530. The normalized spacial score (nSPS) is 11.6. The number of unbranched alkanes of at least 4 members (excludes halogenated alkanes) is 12. The third-order valence-electron chi connectivity index (χ3n) is 6.00. The van der Waals surface area contributed by atoms with Crippen LogP contribution in [0.2, 0.25) is 0 Å². The summed E-state index contributed by atoms with van der Waals surface area (Å²) in [6, 6.07) is 10.9. The molecule has 0 bridgehead atoms. The molecule has 29 heavy (non-hydrogen) atoms. The number of quaternary nitrogens is 1. The lowest BCUT2D eigenvalue weighted by Crippen LogP contribution is -3.00. The molecular formula is C27H50ClN. The molecular weight excluding hydrogens is 374 g/mol. The maximum Gasteiger partial charge on any atom is 0.104 e. The van der Waals surface area contributed by atoms with Gasteiger partial charge in [-0.05, 0) is 18.8 Å². The van der Waals surface area contributed by atoms with Crippen LogP contribution in [0.15, 0.2) is 30.3 Å². The maximum absolute atomic E-state index is 2.37. The number of hydrogen-bond acceptors (Lipinski definition) is 0. The minimum absolute atomic E-state index is 0. The SMILES string of the molecule is CC(C)CCCCCCCCCCCCCCC[N+](C)(C)Cc1ccccc1.[Cl-]. The van der Waals surface area contributed by atoms with Crippen LogP contribution < -0.4 is 12.4 Å². The molecule has 0 aliphatic rings. The Kier molecular flexibility index (Phi) is 17.9. The van der Waals surface area contributed by atoms with Crippen molar-refractivity contribution in [2.24, 2.45) is 5.92 Å². The van der Waals surface area contributed by atoms with Gasteiger partial charge < -0.3 is 16.9 Å². The fraction of sp³-hybridized carbons (Fsp3) is 0.778. The van der Waals surface area contributed by atoms with Crippen LogP contribution in [0.1, 0.15) is 109 Å². The van der Waals surface area contributed by atoms with Gasteiger partial charge in [-0.25, -0.2) is 0 Å². The second-order valence-corrected chi connectivity index (χ2v) is 10.1. The highest BCUT2D eigenvalue weighted by Gasteiger charge is 2.14. The molecule has 170 valence electrons. The van der Waals surface area contributed by atoms with Crippen molar-refractivity contribution in [2.45, 2.75) is 110 Å². The van der Waals surface area contributed by atoms with Crippen LogP contribution in [-0.4, -0.2) is 25.1 Å². The van der Waals surface area contributed by atoms with Gasteiger partial charge in [-0.15, -0.1) is 0 Å². The third-order valence-corrected chi connectivity index (χ3v) is 6.00. The van der Waals surface area contributed by atoms with E-state index in [1.807, 2.05) is 0 Å². The standard InChI is InChI=1S/C27H50N.ClH/c1-26(2)21-17-14-12-10-8-6-5-7-9-11-13-15-20-24-28(3,4)25-27-22-18-16-19-23-27;/h16,18-19,22-23,26H,5-15,17,20-21,24-25H2,1-4H3;1H/q+1;/p-1. The third kappa shape index (κ3) is 18.0. The first-order valence-corrected chi connectivity index (χ1v) is 12.4. The van der Waals surface area contributed by atoms with Crippen LogP contribution in [-0.2, 0) is 6.54 Å². The van der Waals surface area contributed by atoms with Crippen LogP contribution >= 0.6 is 0 Å². The van der Waals surface area contributed by atoms with Gasteiger partial charge in [0.2, 0.25) is 0 Å². The van der Waals surface area contributed by atoms with Crippen molar-refractivity contribution in [3.05, 3.63) is 35.9 Å². The molecule has 0 radical (unpaired) electrons. The van der Waals surface area contributed by atoms with E-state index in [9.17, 15) is 0 Å². The number of nitrogens with zero attached hydrogens (tertiary/aromatic N) is 1. The molecule has 0 amide bonds. The molecule has 1 rings (SSSR count). The summed E-state index contributed by atoms with van der Waals surface area (Å²) in [4.78, 5) is 0. The minimum Gasteiger partial charge on any atom is -1.00 e. The second-order valence-electron chi connectivity index (χ2n) is 10.1. The Balaban J connectivity index is 0.00000784. The first kappa shape index (κ1) is 28.5. The van der Waals surface area contributed by atoms with E-state index < -0.39 is 0 Å². The average molecular weight is 424 g/mol. The summed E-state index contributed by atoms with van der Waals surface area (Å²) in [5, 5.41) is 0. The van der Waals surface area contributed by atoms with Crippen molar-refractivity contribution in [1.29, 1.82) is 0 Å². The van der Waals surface area contributed by atoms with Gasteiger partial charge in [0.05, 0.1) is 20.6 Å². The fourth-order valence-corrected chi connectivity index (χ4v) is 4.19. The molecule has 1 aromatic rings. The lowest BCUT2D eigenvalue weighted by atomic mass is 10.0. The van der Waals surface area contributed by atoms with Crippen LogP contribution in [0.25, 0.3) is 0 Å². The van der Waals surface area contributed by atoms with Crippen molar-refractivity contribution < 1.29 is 16.9 Å². The van der Waals surface area contributed by atoms with E-state index in [4.69, 9.17) is 0 Å². The monoisotopic (exact) mass is 423 g/mol. The molecule has 0 unspecified atom stereocenters. The maximum atomic E-state index is 2.37. The predicted molar refractivity (Wildman–Crippen MR) is 127 cm³/mol. The van der Waals surface area contributed by atoms with E-state index in [-0.39, 0.29) is 12.4 Å². The largest absolute Gasteiger partial charge is 1.00 e. The van der Waals surface area contributed by atoms with Gasteiger partial charge in [-0.3, -0.25) is 0 Å². The predicted octanol–water partition coefficient (Wildman–Crippen LogP) is 5.38. The molecule has 1 nitrogen and oxygen atoms in total. The Morgan fingerprint density at radius 2 is 1.03 bits per heavy atom. The summed E-state index contributed by atoms with van der Waals surface area (Å²) in [5.74, 6) is 0.889. The van der Waals surface area contributed by atoms with E-state index in [0.717, 1.165) is 16.9 Å². The van der Waals surface area contributed by atoms with Gasteiger partial charge in [-0.1, -0.05) is 121 Å². The van der Waals surface area contributed by atoms with Gasteiger partial charge in [0.1, 0.15) is 6.54 Å². The molecule has 0 fully saturated rings. The van der Waals surface area contributed by atoms with E-state index in [2.05, 4.69) is 58.3 Å². The van der Waals surface area contributed by atoms with Crippen LogP contribution in [0.3, 0.4) is 0 Å². The van der Waals surface area contributed by atoms with Crippen molar-refractivity contribution in [2.75, 3.05) is 20.6 Å². The Morgan fingerprint density at radius 3 is 1.48 bits per heavy atom. The van der Waals surface area contributed by atoms with Gasteiger partial charge in [-0.2, -0.15) is 0 Å². The van der Waals surface area contributed by atoms with Crippen molar-refractivity contribution >= 4 is 0 Å². The van der Waals surface area contributed by atoms with E-state index in [1.54, 1.807) is 0 Å². The summed E-state index contributed by atoms with van der Waals surface area (Å²) in [6.07, 6.45) is 20.2. The topological polar surface area (TPSA) is 0 Å². The molecule has 0 spiro atoms. The molecule has 0 heterocycles. The highest BCUT2D eigenvalue weighted by molar-refractivity contribution is 5.13. The smallest absolute Gasteiger partial charge is 0.104 e. The van der Waals surface area contributed by atoms with Crippen LogP contribution in [0.5, 0.6) is 0 Å². The molecule has 0 atom stereocenters. The van der Waals surface area contributed by atoms with Gasteiger partial charge in [0.25, 0.3) is 0 Å². The second kappa shape index (κ2) is 18.3. The summed E-state index contributed by atoms with van der Waals surface area (Å²) >= 11 is 0. The highest BCUT2D eigenvalue weighted by atomic mass is 35.5. The molecule has 0 aliphatic carbocycles. The summed E-state index contributed by atoms with van der Waals surface area (Å²) in [7, 11) is 4.74. The first-order valence-electron chi connectivity index (χ1n) is 12.4.